The number of carbonyl (C=O) groups excluding carboxylic acids is 1. The maximum Gasteiger partial charge on any atom is 0.275 e. The SMILES string of the molecule is O=C1C(c2ccccc2F)=[N+]([O-])c2ccc(F)cc21. The van der Waals surface area contributed by atoms with Crippen molar-refractivity contribution in [2.75, 3.05) is 0 Å². The van der Waals surface area contributed by atoms with Crippen molar-refractivity contribution in [1.82, 2.24) is 0 Å². The van der Waals surface area contributed by atoms with Crippen molar-refractivity contribution in [1.29, 1.82) is 0 Å². The van der Waals surface area contributed by atoms with Gasteiger partial charge in [0.15, 0.2) is 0 Å². The Morgan fingerprint density at radius 3 is 2.47 bits per heavy atom. The summed E-state index contributed by atoms with van der Waals surface area (Å²) in [5.74, 6) is -1.95. The molecule has 0 unspecified atom stereocenters. The third-order valence-corrected chi connectivity index (χ3v) is 2.97. The summed E-state index contributed by atoms with van der Waals surface area (Å²) in [5, 5.41) is 12.0. The van der Waals surface area contributed by atoms with Gasteiger partial charge in [-0.25, -0.2) is 8.78 Å². The lowest BCUT2D eigenvalue weighted by Gasteiger charge is -2.02. The number of hydrogen-bond donors (Lipinski definition) is 0. The van der Waals surface area contributed by atoms with E-state index in [1.54, 1.807) is 0 Å². The Labute approximate surface area is 107 Å². The smallest absolute Gasteiger partial charge is 0.275 e. The van der Waals surface area contributed by atoms with Crippen molar-refractivity contribution in [2.45, 2.75) is 0 Å². The molecule has 2 aromatic rings. The number of ketones is 1. The van der Waals surface area contributed by atoms with Gasteiger partial charge in [0.05, 0.1) is 5.56 Å². The fraction of sp³-hybridized carbons (Fsp3) is 0. The molecular formula is C14H7F2NO2. The third-order valence-electron chi connectivity index (χ3n) is 2.97. The van der Waals surface area contributed by atoms with Gasteiger partial charge in [0, 0.05) is 6.07 Å². The normalized spacial score (nSPS) is 13.9. The van der Waals surface area contributed by atoms with Crippen LogP contribution in [-0.4, -0.2) is 16.2 Å². The molecule has 0 aromatic heterocycles. The minimum Gasteiger partial charge on any atom is -0.618 e. The molecule has 1 heterocycles. The van der Waals surface area contributed by atoms with Crippen LogP contribution in [0.25, 0.3) is 0 Å². The number of Topliss-reactive ketones (excluding diaryl/α,β-unsaturated/α-hetero) is 1. The molecule has 0 atom stereocenters. The molecule has 19 heavy (non-hydrogen) atoms. The highest BCUT2D eigenvalue weighted by atomic mass is 19.1. The average Bonchev–Trinajstić information content (AvgIpc) is 2.63. The number of fused-ring (bicyclic) bond motifs is 1. The van der Waals surface area contributed by atoms with Gasteiger partial charge in [0.1, 0.15) is 17.2 Å². The van der Waals surface area contributed by atoms with Crippen LogP contribution in [0.2, 0.25) is 0 Å². The summed E-state index contributed by atoms with van der Waals surface area (Å²) in [4.78, 5) is 12.1. The van der Waals surface area contributed by atoms with E-state index in [1.807, 2.05) is 0 Å². The first-order valence-electron chi connectivity index (χ1n) is 5.53. The van der Waals surface area contributed by atoms with E-state index in [4.69, 9.17) is 0 Å². The van der Waals surface area contributed by atoms with Crippen molar-refractivity contribution < 1.29 is 18.3 Å². The van der Waals surface area contributed by atoms with Gasteiger partial charge in [-0.15, -0.1) is 0 Å². The van der Waals surface area contributed by atoms with Crippen LogP contribution in [0, 0.1) is 16.8 Å². The highest BCUT2D eigenvalue weighted by molar-refractivity contribution is 6.52. The molecular weight excluding hydrogens is 252 g/mol. The Bertz CT molecular complexity index is 738. The summed E-state index contributed by atoms with van der Waals surface area (Å²) < 4.78 is 27.1. The summed E-state index contributed by atoms with van der Waals surface area (Å²) >= 11 is 0. The van der Waals surface area contributed by atoms with Crippen molar-refractivity contribution in [3.8, 4) is 0 Å². The van der Waals surface area contributed by atoms with Crippen molar-refractivity contribution >= 4 is 17.2 Å². The maximum absolute atomic E-state index is 13.7. The van der Waals surface area contributed by atoms with Gasteiger partial charge < -0.3 is 5.21 Å². The summed E-state index contributed by atoms with van der Waals surface area (Å²) in [5.41, 5.74) is -0.421. The first-order chi connectivity index (χ1) is 9.09. The van der Waals surface area contributed by atoms with Crippen LogP contribution < -0.4 is 0 Å². The molecule has 0 bridgehead atoms. The molecule has 0 saturated heterocycles. The van der Waals surface area contributed by atoms with E-state index >= 15 is 0 Å². The van der Waals surface area contributed by atoms with E-state index in [9.17, 15) is 18.8 Å². The summed E-state index contributed by atoms with van der Waals surface area (Å²) in [6.45, 7) is 0. The predicted molar refractivity (Wildman–Crippen MR) is 64.5 cm³/mol. The van der Waals surface area contributed by atoms with E-state index in [0.29, 0.717) is 4.74 Å². The Balaban J connectivity index is 2.24. The maximum atomic E-state index is 13.7. The molecule has 94 valence electrons. The zero-order valence-electron chi connectivity index (χ0n) is 9.56. The van der Waals surface area contributed by atoms with Gasteiger partial charge in [0.25, 0.3) is 11.5 Å². The topological polar surface area (TPSA) is 43.1 Å². The monoisotopic (exact) mass is 259 g/mol. The largest absolute Gasteiger partial charge is 0.618 e. The molecule has 0 amide bonds. The van der Waals surface area contributed by atoms with E-state index in [2.05, 4.69) is 0 Å². The molecule has 0 spiro atoms. The van der Waals surface area contributed by atoms with Gasteiger partial charge in [0.2, 0.25) is 5.69 Å². The zero-order valence-corrected chi connectivity index (χ0v) is 9.56. The van der Waals surface area contributed by atoms with Crippen molar-refractivity contribution in [2.24, 2.45) is 0 Å². The lowest BCUT2D eigenvalue weighted by Crippen LogP contribution is -2.18. The first kappa shape index (κ1) is 11.5. The van der Waals surface area contributed by atoms with Crippen LogP contribution in [-0.2, 0) is 0 Å². The molecule has 1 aliphatic heterocycles. The van der Waals surface area contributed by atoms with E-state index in [0.717, 1.165) is 18.2 Å². The van der Waals surface area contributed by atoms with Gasteiger partial charge in [-0.05, 0) is 24.3 Å². The Kier molecular flexibility index (Phi) is 2.41. The Hall–Kier alpha value is -2.56. The summed E-state index contributed by atoms with van der Waals surface area (Å²) in [6, 6.07) is 8.76. The second-order valence-electron chi connectivity index (χ2n) is 4.11. The van der Waals surface area contributed by atoms with Crippen LogP contribution >= 0.6 is 0 Å². The molecule has 2 aromatic carbocycles. The first-order valence-corrected chi connectivity index (χ1v) is 5.53. The number of rotatable bonds is 1. The number of benzene rings is 2. The summed E-state index contributed by atoms with van der Waals surface area (Å²) in [6.07, 6.45) is 0. The number of halogens is 2. The van der Waals surface area contributed by atoms with Crippen LogP contribution in [0.3, 0.4) is 0 Å². The second kappa shape index (κ2) is 3.98. The van der Waals surface area contributed by atoms with Crippen LogP contribution in [0.15, 0.2) is 42.5 Å². The Morgan fingerprint density at radius 2 is 1.74 bits per heavy atom. The summed E-state index contributed by atoms with van der Waals surface area (Å²) in [7, 11) is 0. The van der Waals surface area contributed by atoms with Gasteiger partial charge in [-0.2, -0.15) is 4.74 Å². The Morgan fingerprint density at radius 1 is 1.00 bits per heavy atom. The van der Waals surface area contributed by atoms with Gasteiger partial charge in [-0.3, -0.25) is 4.79 Å². The minimum atomic E-state index is -0.672. The van der Waals surface area contributed by atoms with Crippen LogP contribution in [0.1, 0.15) is 15.9 Å². The van der Waals surface area contributed by atoms with Gasteiger partial charge >= 0.3 is 0 Å². The van der Waals surface area contributed by atoms with Crippen molar-refractivity contribution in [3.63, 3.8) is 0 Å². The van der Waals surface area contributed by atoms with E-state index < -0.39 is 17.4 Å². The average molecular weight is 259 g/mol. The molecule has 0 radical (unpaired) electrons. The third kappa shape index (κ3) is 1.62. The zero-order chi connectivity index (χ0) is 13.6. The van der Waals surface area contributed by atoms with Crippen LogP contribution in [0.4, 0.5) is 14.5 Å². The molecule has 5 heteroatoms. The lowest BCUT2D eigenvalue weighted by molar-refractivity contribution is -0.355. The number of hydrogen-bond acceptors (Lipinski definition) is 2. The molecule has 3 rings (SSSR count). The minimum absolute atomic E-state index is 0.0321. The number of nitrogens with zero attached hydrogens (tertiary/aromatic N) is 1. The van der Waals surface area contributed by atoms with E-state index in [-0.39, 0.29) is 22.5 Å². The molecule has 0 aliphatic carbocycles. The highest BCUT2D eigenvalue weighted by Gasteiger charge is 2.38. The predicted octanol–water partition coefficient (Wildman–Crippen LogP) is 2.79. The number of carbonyl (C=O) groups is 1. The lowest BCUT2D eigenvalue weighted by atomic mass is 10.0. The highest BCUT2D eigenvalue weighted by Crippen LogP contribution is 2.29. The fourth-order valence-corrected chi connectivity index (χ4v) is 2.09. The fourth-order valence-electron chi connectivity index (χ4n) is 2.09. The molecule has 0 saturated carbocycles. The van der Waals surface area contributed by atoms with Crippen molar-refractivity contribution in [3.05, 3.63) is 70.4 Å². The molecule has 1 aliphatic rings. The molecule has 0 N–H and O–H groups in total. The van der Waals surface area contributed by atoms with E-state index in [1.165, 1.54) is 24.3 Å². The quantitative estimate of drug-likeness (QED) is 0.583. The second-order valence-corrected chi connectivity index (χ2v) is 4.11. The standard InChI is InChI=1S/C14H7F2NO2/c15-8-5-6-12-10(7-8)14(18)13(17(12)19)9-3-1-2-4-11(9)16/h1-7H. The van der Waals surface area contributed by atoms with Crippen LogP contribution in [0.5, 0.6) is 0 Å². The van der Waals surface area contributed by atoms with Gasteiger partial charge in [-0.1, -0.05) is 12.1 Å². The molecule has 3 nitrogen and oxygen atoms in total. The molecule has 0 fully saturated rings.